The third-order valence-corrected chi connectivity index (χ3v) is 3.84. The number of aryl methyl sites for hydroxylation is 1. The van der Waals surface area contributed by atoms with Crippen molar-refractivity contribution < 1.29 is 14.2 Å². The van der Waals surface area contributed by atoms with Crippen molar-refractivity contribution in [1.82, 2.24) is 0 Å². The second-order valence-electron chi connectivity index (χ2n) is 4.72. The van der Waals surface area contributed by atoms with Crippen LogP contribution in [-0.2, 0) is 17.6 Å². The molecule has 0 aliphatic rings. The van der Waals surface area contributed by atoms with Crippen LogP contribution in [0.4, 0.5) is 0 Å². The molecule has 0 radical (unpaired) electrons. The molecule has 1 aromatic rings. The number of hydrogen-bond acceptors (Lipinski definition) is 5. The quantitative estimate of drug-likeness (QED) is 0.561. The largest absolute Gasteiger partial charge is 0.496 e. The van der Waals surface area contributed by atoms with Crippen LogP contribution in [0.5, 0.6) is 11.5 Å². The molecule has 0 spiro atoms. The standard InChI is InChI=1S/C15H25NO3S/c1-11(16)7-13-9-14(18-3)12(8-15(13)19-4)5-6-20-10-17-2/h8-9,11H,5-7,10,16H2,1-4H3/t11-/m1/s1. The average molecular weight is 299 g/mol. The Morgan fingerprint density at radius 1 is 1.10 bits per heavy atom. The van der Waals surface area contributed by atoms with Crippen molar-refractivity contribution in [3.05, 3.63) is 23.3 Å². The monoisotopic (exact) mass is 299 g/mol. The van der Waals surface area contributed by atoms with Gasteiger partial charge in [-0.3, -0.25) is 0 Å². The molecule has 5 heteroatoms. The van der Waals surface area contributed by atoms with Gasteiger partial charge in [-0.1, -0.05) is 0 Å². The Bertz CT molecular complexity index is 410. The van der Waals surface area contributed by atoms with E-state index in [0.717, 1.165) is 41.2 Å². The van der Waals surface area contributed by atoms with E-state index in [9.17, 15) is 0 Å². The Balaban J connectivity index is 2.88. The topological polar surface area (TPSA) is 53.7 Å². The summed E-state index contributed by atoms with van der Waals surface area (Å²) in [6.45, 7) is 1.99. The van der Waals surface area contributed by atoms with E-state index in [4.69, 9.17) is 19.9 Å². The van der Waals surface area contributed by atoms with Gasteiger partial charge >= 0.3 is 0 Å². The van der Waals surface area contributed by atoms with Crippen LogP contribution < -0.4 is 15.2 Å². The number of nitrogens with two attached hydrogens (primary N) is 1. The highest BCUT2D eigenvalue weighted by Crippen LogP contribution is 2.30. The van der Waals surface area contributed by atoms with Crippen LogP contribution in [-0.4, -0.2) is 39.1 Å². The number of ether oxygens (including phenoxy) is 3. The van der Waals surface area contributed by atoms with Gasteiger partial charge in [0.1, 0.15) is 11.5 Å². The van der Waals surface area contributed by atoms with Gasteiger partial charge in [-0.25, -0.2) is 0 Å². The highest BCUT2D eigenvalue weighted by molar-refractivity contribution is 7.99. The summed E-state index contributed by atoms with van der Waals surface area (Å²) in [5, 5.41) is 0. The first-order valence-electron chi connectivity index (χ1n) is 6.68. The maximum Gasteiger partial charge on any atom is 0.122 e. The molecular formula is C15H25NO3S. The lowest BCUT2D eigenvalue weighted by atomic mass is 10.0. The van der Waals surface area contributed by atoms with Crippen LogP contribution in [0.15, 0.2) is 12.1 Å². The van der Waals surface area contributed by atoms with E-state index in [2.05, 4.69) is 6.07 Å². The number of benzene rings is 1. The fourth-order valence-corrected chi connectivity index (χ4v) is 2.70. The van der Waals surface area contributed by atoms with Crippen molar-refractivity contribution in [2.45, 2.75) is 25.8 Å². The molecule has 1 rings (SSSR count). The summed E-state index contributed by atoms with van der Waals surface area (Å²) < 4.78 is 16.0. The average Bonchev–Trinajstić information content (AvgIpc) is 2.43. The summed E-state index contributed by atoms with van der Waals surface area (Å²) in [7, 11) is 5.10. The zero-order valence-corrected chi connectivity index (χ0v) is 13.6. The molecule has 0 aliphatic heterocycles. The highest BCUT2D eigenvalue weighted by Gasteiger charge is 2.12. The molecule has 0 aliphatic carbocycles. The molecule has 0 saturated carbocycles. The SMILES string of the molecule is COCSCCc1cc(OC)c(C[C@@H](C)N)cc1OC. The summed E-state index contributed by atoms with van der Waals surface area (Å²) in [5.74, 6) is 3.48. The van der Waals surface area contributed by atoms with Crippen LogP contribution in [0.3, 0.4) is 0 Å². The molecule has 4 nitrogen and oxygen atoms in total. The minimum atomic E-state index is 0.0942. The van der Waals surface area contributed by atoms with Gasteiger partial charge in [0, 0.05) is 13.2 Å². The fourth-order valence-electron chi connectivity index (χ4n) is 2.05. The summed E-state index contributed by atoms with van der Waals surface area (Å²) >= 11 is 1.76. The van der Waals surface area contributed by atoms with Crippen molar-refractivity contribution in [1.29, 1.82) is 0 Å². The van der Waals surface area contributed by atoms with Gasteiger partial charge in [0.15, 0.2) is 0 Å². The molecule has 114 valence electrons. The molecule has 0 aromatic heterocycles. The Kier molecular flexibility index (Phi) is 7.80. The van der Waals surface area contributed by atoms with Gasteiger partial charge in [0.25, 0.3) is 0 Å². The van der Waals surface area contributed by atoms with Gasteiger partial charge in [0.2, 0.25) is 0 Å². The van der Waals surface area contributed by atoms with Crippen molar-refractivity contribution in [3.63, 3.8) is 0 Å². The number of rotatable bonds is 9. The second-order valence-corrected chi connectivity index (χ2v) is 5.77. The van der Waals surface area contributed by atoms with Crippen LogP contribution in [0.25, 0.3) is 0 Å². The Morgan fingerprint density at radius 2 is 1.70 bits per heavy atom. The minimum absolute atomic E-state index is 0.0942. The molecule has 0 saturated heterocycles. The van der Waals surface area contributed by atoms with E-state index in [-0.39, 0.29) is 6.04 Å². The molecule has 0 bridgehead atoms. The molecule has 1 atom stereocenters. The smallest absolute Gasteiger partial charge is 0.122 e. The zero-order chi connectivity index (χ0) is 15.0. The predicted molar refractivity (Wildman–Crippen MR) is 84.9 cm³/mol. The highest BCUT2D eigenvalue weighted by atomic mass is 32.2. The Morgan fingerprint density at radius 3 is 2.25 bits per heavy atom. The molecule has 1 aromatic carbocycles. The maximum absolute atomic E-state index is 5.88. The Labute approximate surface area is 126 Å². The van der Waals surface area contributed by atoms with Crippen molar-refractivity contribution in [2.24, 2.45) is 5.73 Å². The predicted octanol–water partition coefficient (Wildman–Crippen LogP) is 2.47. The van der Waals surface area contributed by atoms with E-state index in [1.807, 2.05) is 13.0 Å². The van der Waals surface area contributed by atoms with Gasteiger partial charge in [-0.2, -0.15) is 0 Å². The molecule has 2 N–H and O–H groups in total. The van der Waals surface area contributed by atoms with Crippen LogP contribution in [0.1, 0.15) is 18.1 Å². The number of thioether (sulfide) groups is 1. The molecule has 0 unspecified atom stereocenters. The normalized spacial score (nSPS) is 12.2. The zero-order valence-electron chi connectivity index (χ0n) is 12.8. The molecule has 20 heavy (non-hydrogen) atoms. The number of hydrogen-bond donors (Lipinski definition) is 1. The first-order chi connectivity index (χ1) is 9.62. The first-order valence-corrected chi connectivity index (χ1v) is 7.83. The lowest BCUT2D eigenvalue weighted by Gasteiger charge is -2.16. The van der Waals surface area contributed by atoms with E-state index in [1.165, 1.54) is 0 Å². The minimum Gasteiger partial charge on any atom is -0.496 e. The van der Waals surface area contributed by atoms with Crippen LogP contribution in [0.2, 0.25) is 0 Å². The van der Waals surface area contributed by atoms with E-state index in [0.29, 0.717) is 5.94 Å². The molecule has 0 fully saturated rings. The van der Waals surface area contributed by atoms with Crippen molar-refractivity contribution in [2.75, 3.05) is 33.0 Å². The molecule has 0 heterocycles. The van der Waals surface area contributed by atoms with Crippen LogP contribution in [0, 0.1) is 0 Å². The first kappa shape index (κ1) is 17.1. The van der Waals surface area contributed by atoms with E-state index in [1.54, 1.807) is 33.1 Å². The fraction of sp³-hybridized carbons (Fsp3) is 0.600. The number of methoxy groups -OCH3 is 3. The summed E-state index contributed by atoms with van der Waals surface area (Å²) in [6.07, 6.45) is 1.70. The van der Waals surface area contributed by atoms with Gasteiger partial charge in [-0.05, 0) is 48.8 Å². The second kappa shape index (κ2) is 9.10. The third-order valence-electron chi connectivity index (χ3n) is 2.94. The van der Waals surface area contributed by atoms with Crippen molar-refractivity contribution >= 4 is 11.8 Å². The lowest BCUT2D eigenvalue weighted by molar-refractivity contribution is 0.259. The maximum atomic E-state index is 5.88. The van der Waals surface area contributed by atoms with E-state index >= 15 is 0 Å². The third kappa shape index (κ3) is 5.23. The van der Waals surface area contributed by atoms with Gasteiger partial charge < -0.3 is 19.9 Å². The molecule has 0 amide bonds. The summed E-state index contributed by atoms with van der Waals surface area (Å²) in [5.41, 5.74) is 8.12. The van der Waals surface area contributed by atoms with Crippen molar-refractivity contribution in [3.8, 4) is 11.5 Å². The summed E-state index contributed by atoms with van der Waals surface area (Å²) in [4.78, 5) is 0. The van der Waals surface area contributed by atoms with Gasteiger partial charge in [-0.15, -0.1) is 11.8 Å². The summed E-state index contributed by atoms with van der Waals surface area (Å²) in [6, 6.07) is 4.19. The molecular weight excluding hydrogens is 274 g/mol. The van der Waals surface area contributed by atoms with Crippen LogP contribution >= 0.6 is 11.8 Å². The van der Waals surface area contributed by atoms with Gasteiger partial charge in [0.05, 0.1) is 20.2 Å². The Hall–Kier alpha value is -0.910. The lowest BCUT2D eigenvalue weighted by Crippen LogP contribution is -2.18. The van der Waals surface area contributed by atoms with E-state index < -0.39 is 0 Å².